The molecule has 1 aliphatic rings. The first-order valence-electron chi connectivity index (χ1n) is 6.05. The lowest BCUT2D eigenvalue weighted by atomic mass is 9.74. The van der Waals surface area contributed by atoms with Crippen molar-refractivity contribution < 1.29 is 9.59 Å². The molecule has 1 fully saturated rings. The van der Waals surface area contributed by atoms with Gasteiger partial charge in [0.25, 0.3) is 0 Å². The van der Waals surface area contributed by atoms with Crippen molar-refractivity contribution in [3.05, 3.63) is 0 Å². The Labute approximate surface area is 102 Å². The molecule has 0 aliphatic heterocycles. The van der Waals surface area contributed by atoms with Crippen LogP contribution in [-0.4, -0.2) is 24.9 Å². The SMILES string of the molecule is CC(=O)NCCNC(=O)C1(C#N)CCCCC1. The van der Waals surface area contributed by atoms with E-state index in [9.17, 15) is 14.9 Å². The monoisotopic (exact) mass is 237 g/mol. The molecule has 0 unspecified atom stereocenters. The van der Waals surface area contributed by atoms with Crippen molar-refractivity contribution in [2.45, 2.75) is 39.0 Å². The van der Waals surface area contributed by atoms with Crippen molar-refractivity contribution in [2.24, 2.45) is 5.41 Å². The third-order valence-corrected chi connectivity index (χ3v) is 3.14. The minimum Gasteiger partial charge on any atom is -0.355 e. The molecule has 2 N–H and O–H groups in total. The largest absolute Gasteiger partial charge is 0.355 e. The maximum atomic E-state index is 11.9. The Morgan fingerprint density at radius 1 is 1.18 bits per heavy atom. The molecule has 17 heavy (non-hydrogen) atoms. The summed E-state index contributed by atoms with van der Waals surface area (Å²) in [6.45, 7) is 2.21. The van der Waals surface area contributed by atoms with E-state index in [1.165, 1.54) is 6.92 Å². The van der Waals surface area contributed by atoms with E-state index in [1.54, 1.807) is 0 Å². The Kier molecular flexibility index (Phi) is 4.95. The summed E-state index contributed by atoms with van der Waals surface area (Å²) in [7, 11) is 0. The number of hydrogen-bond donors (Lipinski definition) is 2. The van der Waals surface area contributed by atoms with Crippen LogP contribution in [0.2, 0.25) is 0 Å². The van der Waals surface area contributed by atoms with E-state index in [2.05, 4.69) is 16.7 Å². The number of nitrogens with one attached hydrogen (secondary N) is 2. The summed E-state index contributed by atoms with van der Waals surface area (Å²) < 4.78 is 0. The Balaban J connectivity index is 2.39. The summed E-state index contributed by atoms with van der Waals surface area (Å²) in [4.78, 5) is 22.6. The molecule has 0 aromatic carbocycles. The summed E-state index contributed by atoms with van der Waals surface area (Å²) in [5.41, 5.74) is -0.839. The number of carbonyl (C=O) groups excluding carboxylic acids is 2. The highest BCUT2D eigenvalue weighted by atomic mass is 16.2. The van der Waals surface area contributed by atoms with Crippen LogP contribution in [0.5, 0.6) is 0 Å². The number of nitrogens with zero attached hydrogens (tertiary/aromatic N) is 1. The zero-order valence-electron chi connectivity index (χ0n) is 10.2. The maximum Gasteiger partial charge on any atom is 0.240 e. The number of hydrogen-bond acceptors (Lipinski definition) is 3. The van der Waals surface area contributed by atoms with Crippen LogP contribution in [-0.2, 0) is 9.59 Å². The lowest BCUT2D eigenvalue weighted by Crippen LogP contribution is -2.44. The molecule has 0 aromatic rings. The summed E-state index contributed by atoms with van der Waals surface area (Å²) in [5, 5.41) is 14.5. The fourth-order valence-corrected chi connectivity index (χ4v) is 2.13. The molecular weight excluding hydrogens is 218 g/mol. The van der Waals surface area contributed by atoms with Crippen LogP contribution in [0, 0.1) is 16.7 Å². The lowest BCUT2D eigenvalue weighted by Gasteiger charge is -2.29. The molecule has 0 spiro atoms. The topological polar surface area (TPSA) is 82.0 Å². The van der Waals surface area contributed by atoms with E-state index in [1.807, 2.05) is 0 Å². The minimum absolute atomic E-state index is 0.119. The third kappa shape index (κ3) is 3.74. The molecule has 0 heterocycles. The van der Waals surface area contributed by atoms with Crippen molar-refractivity contribution in [2.75, 3.05) is 13.1 Å². The number of carbonyl (C=O) groups is 2. The van der Waals surface area contributed by atoms with Crippen LogP contribution < -0.4 is 10.6 Å². The van der Waals surface area contributed by atoms with Gasteiger partial charge in [-0.1, -0.05) is 19.3 Å². The average Bonchev–Trinajstić information content (AvgIpc) is 2.35. The van der Waals surface area contributed by atoms with Crippen LogP contribution in [0.1, 0.15) is 39.0 Å². The fourth-order valence-electron chi connectivity index (χ4n) is 2.13. The standard InChI is InChI=1S/C12H19N3O2/c1-10(16)14-7-8-15-11(17)12(9-13)5-3-2-4-6-12/h2-8H2,1H3,(H,14,16)(H,15,17). The molecule has 1 saturated carbocycles. The van der Waals surface area contributed by atoms with E-state index in [0.717, 1.165) is 19.3 Å². The predicted molar refractivity (Wildman–Crippen MR) is 62.8 cm³/mol. The van der Waals surface area contributed by atoms with Gasteiger partial charge in [-0.25, -0.2) is 0 Å². The second-order valence-corrected chi connectivity index (χ2v) is 4.49. The lowest BCUT2D eigenvalue weighted by molar-refractivity contribution is -0.129. The van der Waals surface area contributed by atoms with Crippen molar-refractivity contribution in [1.82, 2.24) is 10.6 Å². The molecule has 0 aromatic heterocycles. The molecular formula is C12H19N3O2. The first kappa shape index (κ1) is 13.5. The van der Waals surface area contributed by atoms with Crippen molar-refractivity contribution >= 4 is 11.8 Å². The van der Waals surface area contributed by atoms with Crippen molar-refractivity contribution in [3.63, 3.8) is 0 Å². The molecule has 0 saturated heterocycles. The van der Waals surface area contributed by atoms with Crippen LogP contribution in [0.3, 0.4) is 0 Å². The molecule has 1 rings (SSSR count). The summed E-state index contributed by atoms with van der Waals surface area (Å²) >= 11 is 0. The zero-order valence-corrected chi connectivity index (χ0v) is 10.2. The van der Waals surface area contributed by atoms with Crippen molar-refractivity contribution in [1.29, 1.82) is 5.26 Å². The summed E-state index contributed by atoms with van der Waals surface area (Å²) in [5.74, 6) is -0.308. The quantitative estimate of drug-likeness (QED) is 0.706. The first-order valence-corrected chi connectivity index (χ1v) is 6.05. The van der Waals surface area contributed by atoms with E-state index in [-0.39, 0.29) is 11.8 Å². The Hall–Kier alpha value is -1.57. The van der Waals surface area contributed by atoms with Crippen molar-refractivity contribution in [3.8, 4) is 6.07 Å². The Morgan fingerprint density at radius 3 is 2.29 bits per heavy atom. The number of amides is 2. The highest BCUT2D eigenvalue weighted by Gasteiger charge is 2.39. The molecule has 1 aliphatic carbocycles. The molecule has 2 amide bonds. The predicted octanol–water partition coefficient (Wildman–Crippen LogP) is 0.713. The van der Waals surface area contributed by atoms with Gasteiger partial charge in [0.2, 0.25) is 11.8 Å². The smallest absolute Gasteiger partial charge is 0.240 e. The molecule has 94 valence electrons. The molecule has 0 radical (unpaired) electrons. The highest BCUT2D eigenvalue weighted by molar-refractivity contribution is 5.85. The number of rotatable bonds is 4. The van der Waals surface area contributed by atoms with Crippen LogP contribution in [0.15, 0.2) is 0 Å². The van der Waals surface area contributed by atoms with Gasteiger partial charge in [-0.2, -0.15) is 5.26 Å². The highest BCUT2D eigenvalue weighted by Crippen LogP contribution is 2.35. The molecule has 0 atom stereocenters. The molecule has 0 bridgehead atoms. The fraction of sp³-hybridized carbons (Fsp3) is 0.750. The average molecular weight is 237 g/mol. The van der Waals surface area contributed by atoms with Gasteiger partial charge in [0, 0.05) is 20.0 Å². The second kappa shape index (κ2) is 6.24. The summed E-state index contributed by atoms with van der Waals surface area (Å²) in [6, 6.07) is 2.17. The van der Waals surface area contributed by atoms with E-state index in [4.69, 9.17) is 0 Å². The van der Waals surface area contributed by atoms with Crippen LogP contribution in [0.4, 0.5) is 0 Å². The first-order chi connectivity index (χ1) is 8.10. The molecule has 5 nitrogen and oxygen atoms in total. The zero-order chi connectivity index (χ0) is 12.7. The van der Waals surface area contributed by atoms with Gasteiger partial charge in [0.1, 0.15) is 5.41 Å². The second-order valence-electron chi connectivity index (χ2n) is 4.49. The van der Waals surface area contributed by atoms with E-state index in [0.29, 0.717) is 25.9 Å². The van der Waals surface area contributed by atoms with E-state index >= 15 is 0 Å². The van der Waals surface area contributed by atoms with Crippen LogP contribution >= 0.6 is 0 Å². The van der Waals surface area contributed by atoms with Crippen LogP contribution in [0.25, 0.3) is 0 Å². The normalized spacial score (nSPS) is 17.9. The molecule has 5 heteroatoms. The van der Waals surface area contributed by atoms with Gasteiger partial charge in [0.05, 0.1) is 6.07 Å². The van der Waals surface area contributed by atoms with Gasteiger partial charge in [-0.15, -0.1) is 0 Å². The van der Waals surface area contributed by atoms with Gasteiger partial charge >= 0.3 is 0 Å². The van der Waals surface area contributed by atoms with Gasteiger partial charge in [-0.05, 0) is 12.8 Å². The van der Waals surface area contributed by atoms with Gasteiger partial charge in [-0.3, -0.25) is 9.59 Å². The Morgan fingerprint density at radius 2 is 1.76 bits per heavy atom. The van der Waals surface area contributed by atoms with Gasteiger partial charge < -0.3 is 10.6 Å². The number of nitriles is 1. The Bertz CT molecular complexity index is 327. The van der Waals surface area contributed by atoms with E-state index < -0.39 is 5.41 Å². The van der Waals surface area contributed by atoms with Gasteiger partial charge in [0.15, 0.2) is 0 Å². The maximum absolute atomic E-state index is 11.9. The third-order valence-electron chi connectivity index (χ3n) is 3.14. The summed E-state index contributed by atoms with van der Waals surface area (Å²) in [6.07, 6.45) is 4.27. The minimum atomic E-state index is -0.839.